The quantitative estimate of drug-likeness (QED) is 0.698. The molecule has 1 fully saturated rings. The molecule has 1 unspecified atom stereocenters. The molecule has 1 atom stereocenters. The van der Waals surface area contributed by atoms with Gasteiger partial charge < -0.3 is 10.1 Å². The van der Waals surface area contributed by atoms with E-state index in [1.165, 1.54) is 12.1 Å². The molecule has 3 aromatic rings. The number of amides is 1. The predicted molar refractivity (Wildman–Crippen MR) is 99.9 cm³/mol. The third-order valence-corrected chi connectivity index (χ3v) is 4.98. The topological polar surface area (TPSA) is 58.2 Å². The Kier molecular flexibility index (Phi) is 4.44. The number of nitrogens with zero attached hydrogens (tertiary/aromatic N) is 1. The monoisotopic (exact) mass is 368 g/mol. The van der Waals surface area contributed by atoms with E-state index in [0.717, 1.165) is 29.6 Å². The molecule has 1 saturated heterocycles. The SMILES string of the molecule is CC1(C)CC(NC(=O)c2[nH]c(-c3ccc(F)cc3)c3cccc[n+]23)CCO1. The fraction of sp³-hybridized carbons (Fsp3) is 0.333. The summed E-state index contributed by atoms with van der Waals surface area (Å²) in [6, 6.07) is 12.0. The molecule has 5 nitrogen and oxygen atoms in total. The van der Waals surface area contributed by atoms with Gasteiger partial charge in [-0.05, 0) is 63.1 Å². The Labute approximate surface area is 157 Å². The Morgan fingerprint density at radius 3 is 2.78 bits per heavy atom. The average Bonchev–Trinajstić information content (AvgIpc) is 3.01. The minimum absolute atomic E-state index is 0.0678. The van der Waals surface area contributed by atoms with Crippen molar-refractivity contribution in [1.82, 2.24) is 10.3 Å². The van der Waals surface area contributed by atoms with Gasteiger partial charge in [-0.3, -0.25) is 4.79 Å². The Morgan fingerprint density at radius 1 is 1.26 bits per heavy atom. The molecule has 1 aliphatic rings. The number of rotatable bonds is 3. The number of imidazole rings is 1. The van der Waals surface area contributed by atoms with Gasteiger partial charge >= 0.3 is 11.7 Å². The van der Waals surface area contributed by atoms with Gasteiger partial charge in [0.2, 0.25) is 0 Å². The molecule has 0 spiro atoms. The molecule has 4 rings (SSSR count). The van der Waals surface area contributed by atoms with Crippen LogP contribution in [-0.4, -0.2) is 29.1 Å². The van der Waals surface area contributed by atoms with Gasteiger partial charge in [0.25, 0.3) is 0 Å². The third kappa shape index (κ3) is 3.57. The Bertz CT molecular complexity index is 979. The van der Waals surface area contributed by atoms with Crippen molar-refractivity contribution in [2.24, 2.45) is 0 Å². The second kappa shape index (κ2) is 6.78. The molecular formula is C21H23FN3O2+. The van der Waals surface area contributed by atoms with Crippen LogP contribution in [-0.2, 0) is 4.74 Å². The largest absolute Gasteiger partial charge is 0.375 e. The summed E-state index contributed by atoms with van der Waals surface area (Å²) in [5, 5.41) is 3.13. The predicted octanol–water partition coefficient (Wildman–Crippen LogP) is 3.25. The number of carbonyl (C=O) groups is 1. The summed E-state index contributed by atoms with van der Waals surface area (Å²) in [6.45, 7) is 4.71. The highest BCUT2D eigenvalue weighted by Crippen LogP contribution is 2.25. The second-order valence-corrected chi connectivity index (χ2v) is 7.58. The molecule has 0 saturated carbocycles. The molecule has 0 radical (unpaired) electrons. The Balaban J connectivity index is 1.67. The smallest absolute Gasteiger partial charge is 0.351 e. The van der Waals surface area contributed by atoms with Crippen molar-refractivity contribution in [3.05, 3.63) is 60.3 Å². The third-order valence-electron chi connectivity index (χ3n) is 4.98. The number of aromatic amines is 1. The number of benzene rings is 1. The summed E-state index contributed by atoms with van der Waals surface area (Å²) in [7, 11) is 0. The number of fused-ring (bicyclic) bond motifs is 1. The Hall–Kier alpha value is -2.73. The molecule has 2 aromatic heterocycles. The lowest BCUT2D eigenvalue weighted by molar-refractivity contribution is -0.514. The maximum Gasteiger partial charge on any atom is 0.351 e. The molecule has 6 heteroatoms. The van der Waals surface area contributed by atoms with Gasteiger partial charge in [0.05, 0.1) is 11.8 Å². The lowest BCUT2D eigenvalue weighted by Gasteiger charge is -2.35. The molecule has 1 amide bonds. The molecule has 2 N–H and O–H groups in total. The van der Waals surface area contributed by atoms with Crippen LogP contribution in [0.5, 0.6) is 0 Å². The van der Waals surface area contributed by atoms with E-state index in [-0.39, 0.29) is 23.4 Å². The first kappa shape index (κ1) is 17.7. The number of pyridine rings is 1. The molecule has 27 heavy (non-hydrogen) atoms. The standard InChI is InChI=1S/C21H22FN3O2/c1-21(2)13-16(10-12-27-21)23-20(26)19-24-18(14-6-8-15(22)9-7-14)17-5-3-4-11-25(17)19/h3-9,11,16H,10,12-13H2,1-2H3,(H,23,26)/p+1. The van der Waals surface area contributed by atoms with E-state index in [1.807, 2.05) is 42.6 Å². The second-order valence-electron chi connectivity index (χ2n) is 7.58. The Morgan fingerprint density at radius 2 is 2.04 bits per heavy atom. The number of halogens is 1. The van der Waals surface area contributed by atoms with Crippen LogP contribution in [0.25, 0.3) is 16.8 Å². The summed E-state index contributed by atoms with van der Waals surface area (Å²) in [4.78, 5) is 16.2. The van der Waals surface area contributed by atoms with Crippen LogP contribution in [0.4, 0.5) is 4.39 Å². The number of hydrogen-bond acceptors (Lipinski definition) is 2. The van der Waals surface area contributed by atoms with Gasteiger partial charge in [0.15, 0.2) is 11.2 Å². The van der Waals surface area contributed by atoms with Crippen molar-refractivity contribution in [1.29, 1.82) is 0 Å². The number of nitrogens with one attached hydrogen (secondary N) is 2. The zero-order valence-electron chi connectivity index (χ0n) is 15.5. The molecular weight excluding hydrogens is 345 g/mol. The zero-order chi connectivity index (χ0) is 19.0. The fourth-order valence-corrected chi connectivity index (χ4v) is 3.70. The first-order valence-electron chi connectivity index (χ1n) is 9.16. The van der Waals surface area contributed by atoms with E-state index < -0.39 is 0 Å². The summed E-state index contributed by atoms with van der Waals surface area (Å²) < 4.78 is 20.8. The average molecular weight is 368 g/mol. The normalized spacial score (nSPS) is 19.1. The molecule has 1 aromatic carbocycles. The highest BCUT2D eigenvalue weighted by Gasteiger charge is 2.32. The highest BCUT2D eigenvalue weighted by atomic mass is 19.1. The molecule has 140 valence electrons. The molecule has 0 aliphatic carbocycles. The minimum atomic E-state index is -0.289. The molecule has 1 aliphatic heterocycles. The van der Waals surface area contributed by atoms with E-state index in [4.69, 9.17) is 4.74 Å². The van der Waals surface area contributed by atoms with Gasteiger partial charge in [-0.25, -0.2) is 9.37 Å². The molecule has 3 heterocycles. The van der Waals surface area contributed by atoms with Crippen LogP contribution in [0.2, 0.25) is 0 Å². The van der Waals surface area contributed by atoms with E-state index in [9.17, 15) is 9.18 Å². The van der Waals surface area contributed by atoms with Gasteiger partial charge in [0, 0.05) is 18.2 Å². The number of ether oxygens (including phenoxy) is 1. The van der Waals surface area contributed by atoms with Gasteiger partial charge in [-0.15, -0.1) is 0 Å². The zero-order valence-corrected chi connectivity index (χ0v) is 15.5. The van der Waals surface area contributed by atoms with Crippen molar-refractivity contribution in [2.75, 3.05) is 6.61 Å². The van der Waals surface area contributed by atoms with Crippen LogP contribution < -0.4 is 9.72 Å². The summed E-state index contributed by atoms with van der Waals surface area (Å²) in [6.07, 6.45) is 3.41. The highest BCUT2D eigenvalue weighted by molar-refractivity contribution is 5.91. The van der Waals surface area contributed by atoms with Crippen molar-refractivity contribution in [3.63, 3.8) is 0 Å². The van der Waals surface area contributed by atoms with Crippen LogP contribution in [0.15, 0.2) is 48.7 Å². The molecule has 0 bridgehead atoms. The number of carbonyl (C=O) groups excluding carboxylic acids is 1. The number of aromatic nitrogens is 2. The van der Waals surface area contributed by atoms with E-state index in [1.54, 1.807) is 12.1 Å². The first-order chi connectivity index (χ1) is 12.9. The lowest BCUT2D eigenvalue weighted by atomic mass is 9.94. The van der Waals surface area contributed by atoms with E-state index >= 15 is 0 Å². The summed E-state index contributed by atoms with van der Waals surface area (Å²) in [5.74, 6) is 0.00356. The van der Waals surface area contributed by atoms with Gasteiger partial charge in [-0.1, -0.05) is 6.07 Å². The summed E-state index contributed by atoms with van der Waals surface area (Å²) >= 11 is 0. The fourth-order valence-electron chi connectivity index (χ4n) is 3.70. The minimum Gasteiger partial charge on any atom is -0.375 e. The van der Waals surface area contributed by atoms with E-state index in [0.29, 0.717) is 12.4 Å². The van der Waals surface area contributed by atoms with Crippen molar-refractivity contribution >= 4 is 11.4 Å². The van der Waals surface area contributed by atoms with Crippen LogP contribution in [0, 0.1) is 5.82 Å². The summed E-state index contributed by atoms with van der Waals surface area (Å²) in [5.41, 5.74) is 2.24. The van der Waals surface area contributed by atoms with Crippen LogP contribution in [0.1, 0.15) is 37.3 Å². The number of hydrogen-bond donors (Lipinski definition) is 2. The van der Waals surface area contributed by atoms with Crippen molar-refractivity contribution in [3.8, 4) is 11.3 Å². The van der Waals surface area contributed by atoms with E-state index in [2.05, 4.69) is 10.3 Å². The maximum atomic E-state index is 13.3. The maximum absolute atomic E-state index is 13.3. The first-order valence-corrected chi connectivity index (χ1v) is 9.16. The van der Waals surface area contributed by atoms with Crippen LogP contribution >= 0.6 is 0 Å². The van der Waals surface area contributed by atoms with Crippen molar-refractivity contribution in [2.45, 2.75) is 38.3 Å². The number of H-pyrrole nitrogens is 1. The van der Waals surface area contributed by atoms with Gasteiger partial charge in [0.1, 0.15) is 5.82 Å². The van der Waals surface area contributed by atoms with Gasteiger partial charge in [-0.2, -0.15) is 4.40 Å². The lowest BCUT2D eigenvalue weighted by Crippen LogP contribution is -2.47. The van der Waals surface area contributed by atoms with Crippen LogP contribution in [0.3, 0.4) is 0 Å². The van der Waals surface area contributed by atoms with Crippen molar-refractivity contribution < 1.29 is 18.3 Å².